The molecule has 1 heterocycles. The number of carbonyl (C=O) groups is 1. The Balaban J connectivity index is 1.50. The summed E-state index contributed by atoms with van der Waals surface area (Å²) in [4.78, 5) is 19.9. The summed E-state index contributed by atoms with van der Waals surface area (Å²) < 4.78 is 10.9. The Hall–Kier alpha value is -3.12. The summed E-state index contributed by atoms with van der Waals surface area (Å²) >= 11 is 5.79. The van der Waals surface area contributed by atoms with Crippen LogP contribution in [-0.4, -0.2) is 22.5 Å². The molecule has 1 aromatic heterocycles. The van der Waals surface area contributed by atoms with E-state index in [0.29, 0.717) is 28.1 Å². The van der Waals surface area contributed by atoms with E-state index in [4.69, 9.17) is 21.1 Å². The van der Waals surface area contributed by atoms with Gasteiger partial charge < -0.3 is 14.8 Å². The number of halogens is 1. The van der Waals surface area contributed by atoms with Gasteiger partial charge in [0, 0.05) is 23.1 Å². The highest BCUT2D eigenvalue weighted by molar-refractivity contribution is 6.30. The minimum absolute atomic E-state index is 0.0977. The fourth-order valence-corrected chi connectivity index (χ4v) is 2.07. The van der Waals surface area contributed by atoms with Gasteiger partial charge in [0.05, 0.1) is 6.20 Å². The third-order valence-electron chi connectivity index (χ3n) is 3.08. The molecular weight excluding hydrogens is 342 g/mol. The number of nitrogens with one attached hydrogen (secondary N) is 1. The Bertz CT molecular complexity index is 824. The smallest absolute Gasteiger partial charge is 0.262 e. The third-order valence-corrected chi connectivity index (χ3v) is 3.34. The first kappa shape index (κ1) is 16.7. The number of rotatable bonds is 6. The number of hydrogen-bond donors (Lipinski definition) is 1. The highest BCUT2D eigenvalue weighted by atomic mass is 35.5. The zero-order chi connectivity index (χ0) is 17.5. The van der Waals surface area contributed by atoms with Crippen LogP contribution in [0.2, 0.25) is 5.02 Å². The summed E-state index contributed by atoms with van der Waals surface area (Å²) in [5.74, 6) is 1.30. The van der Waals surface area contributed by atoms with Gasteiger partial charge in [0.1, 0.15) is 11.5 Å². The molecule has 0 bridgehead atoms. The Morgan fingerprint density at radius 2 is 1.72 bits per heavy atom. The summed E-state index contributed by atoms with van der Waals surface area (Å²) in [7, 11) is 0. The van der Waals surface area contributed by atoms with Crippen LogP contribution in [0.25, 0.3) is 0 Å². The first-order chi connectivity index (χ1) is 12.2. The molecule has 0 unspecified atom stereocenters. The van der Waals surface area contributed by atoms with Crippen LogP contribution in [0, 0.1) is 0 Å². The molecule has 0 spiro atoms. The number of hydrogen-bond acceptors (Lipinski definition) is 5. The minimum atomic E-state index is -0.266. The van der Waals surface area contributed by atoms with Crippen molar-refractivity contribution in [3.8, 4) is 17.4 Å². The second kappa shape index (κ2) is 8.12. The molecule has 0 fully saturated rings. The van der Waals surface area contributed by atoms with Crippen molar-refractivity contribution in [3.63, 3.8) is 0 Å². The largest absolute Gasteiger partial charge is 0.484 e. The molecule has 0 aliphatic heterocycles. The maximum absolute atomic E-state index is 11.9. The summed E-state index contributed by atoms with van der Waals surface area (Å²) in [6, 6.07) is 13.7. The number of aromatic nitrogens is 2. The molecule has 2 aromatic carbocycles. The van der Waals surface area contributed by atoms with Crippen LogP contribution >= 0.6 is 11.6 Å². The van der Waals surface area contributed by atoms with Gasteiger partial charge in [-0.1, -0.05) is 11.6 Å². The highest BCUT2D eigenvalue weighted by Gasteiger charge is 2.05. The zero-order valence-corrected chi connectivity index (χ0v) is 13.8. The van der Waals surface area contributed by atoms with Crippen LogP contribution in [0.1, 0.15) is 0 Å². The van der Waals surface area contributed by atoms with Gasteiger partial charge in [0.2, 0.25) is 5.88 Å². The summed E-state index contributed by atoms with van der Waals surface area (Å²) in [5, 5.41) is 3.35. The van der Waals surface area contributed by atoms with E-state index in [2.05, 4.69) is 15.3 Å². The molecule has 0 saturated carbocycles. The molecule has 0 saturated heterocycles. The summed E-state index contributed by atoms with van der Waals surface area (Å²) in [6.07, 6.45) is 4.63. The minimum Gasteiger partial charge on any atom is -0.484 e. The molecule has 0 aliphatic rings. The first-order valence-electron chi connectivity index (χ1n) is 7.41. The predicted octanol–water partition coefficient (Wildman–Crippen LogP) is 3.94. The Morgan fingerprint density at radius 3 is 2.40 bits per heavy atom. The van der Waals surface area contributed by atoms with Crippen molar-refractivity contribution < 1.29 is 14.3 Å². The molecule has 3 rings (SSSR count). The van der Waals surface area contributed by atoms with Crippen molar-refractivity contribution in [1.29, 1.82) is 0 Å². The van der Waals surface area contributed by atoms with Crippen molar-refractivity contribution in [2.24, 2.45) is 0 Å². The van der Waals surface area contributed by atoms with Crippen molar-refractivity contribution in [2.45, 2.75) is 0 Å². The molecule has 1 N–H and O–H groups in total. The first-order valence-corrected chi connectivity index (χ1v) is 7.79. The van der Waals surface area contributed by atoms with Gasteiger partial charge in [-0.05, 0) is 48.5 Å². The van der Waals surface area contributed by atoms with Gasteiger partial charge >= 0.3 is 0 Å². The average Bonchev–Trinajstić information content (AvgIpc) is 2.64. The fourth-order valence-electron chi connectivity index (χ4n) is 1.94. The standard InChI is InChI=1S/C18H14ClN3O3/c19-13-1-5-15(6-2-13)24-12-17(23)22-14-3-7-16(8-4-14)25-18-11-20-9-10-21-18/h1-11H,12H2,(H,22,23). The quantitative estimate of drug-likeness (QED) is 0.725. The van der Waals surface area contributed by atoms with Crippen LogP contribution in [0.5, 0.6) is 17.4 Å². The molecule has 1 amide bonds. The van der Waals surface area contributed by atoms with E-state index in [0.717, 1.165) is 0 Å². The van der Waals surface area contributed by atoms with Gasteiger partial charge in [-0.15, -0.1) is 0 Å². The second-order valence-electron chi connectivity index (χ2n) is 4.96. The van der Waals surface area contributed by atoms with Crippen LogP contribution in [0.15, 0.2) is 67.1 Å². The van der Waals surface area contributed by atoms with Crippen molar-refractivity contribution in [2.75, 3.05) is 11.9 Å². The van der Waals surface area contributed by atoms with Gasteiger partial charge in [0.15, 0.2) is 6.61 Å². The van der Waals surface area contributed by atoms with E-state index in [-0.39, 0.29) is 12.5 Å². The number of benzene rings is 2. The second-order valence-corrected chi connectivity index (χ2v) is 5.40. The van der Waals surface area contributed by atoms with E-state index in [9.17, 15) is 4.79 Å². The molecule has 0 radical (unpaired) electrons. The van der Waals surface area contributed by atoms with Crippen LogP contribution < -0.4 is 14.8 Å². The SMILES string of the molecule is O=C(COc1ccc(Cl)cc1)Nc1ccc(Oc2cnccn2)cc1. The molecule has 0 atom stereocenters. The molecule has 25 heavy (non-hydrogen) atoms. The van der Waals surface area contributed by atoms with E-state index in [1.165, 1.54) is 6.20 Å². The van der Waals surface area contributed by atoms with Gasteiger partial charge in [-0.2, -0.15) is 0 Å². The van der Waals surface area contributed by atoms with E-state index in [1.54, 1.807) is 60.9 Å². The Labute approximate surface area is 149 Å². The summed E-state index contributed by atoms with van der Waals surface area (Å²) in [5.41, 5.74) is 0.635. The monoisotopic (exact) mass is 355 g/mol. The van der Waals surface area contributed by atoms with Gasteiger partial charge in [0.25, 0.3) is 5.91 Å². The number of nitrogens with zero attached hydrogens (tertiary/aromatic N) is 2. The van der Waals surface area contributed by atoms with Gasteiger partial charge in [-0.3, -0.25) is 9.78 Å². The number of carbonyl (C=O) groups excluding carboxylic acids is 1. The van der Waals surface area contributed by atoms with Crippen LogP contribution in [0.3, 0.4) is 0 Å². The van der Waals surface area contributed by atoms with Crippen LogP contribution in [0.4, 0.5) is 5.69 Å². The van der Waals surface area contributed by atoms with Gasteiger partial charge in [-0.25, -0.2) is 4.98 Å². The molecule has 0 aliphatic carbocycles. The lowest BCUT2D eigenvalue weighted by Gasteiger charge is -2.08. The lowest BCUT2D eigenvalue weighted by atomic mass is 10.3. The van der Waals surface area contributed by atoms with E-state index < -0.39 is 0 Å². The zero-order valence-electron chi connectivity index (χ0n) is 13.1. The van der Waals surface area contributed by atoms with Crippen molar-refractivity contribution in [1.82, 2.24) is 9.97 Å². The fraction of sp³-hybridized carbons (Fsp3) is 0.0556. The Kier molecular flexibility index (Phi) is 5.43. The predicted molar refractivity (Wildman–Crippen MR) is 94.1 cm³/mol. The molecule has 3 aromatic rings. The topological polar surface area (TPSA) is 73.3 Å². The maximum Gasteiger partial charge on any atom is 0.262 e. The lowest BCUT2D eigenvalue weighted by molar-refractivity contribution is -0.118. The summed E-state index contributed by atoms with van der Waals surface area (Å²) in [6.45, 7) is -0.0977. The molecule has 7 heteroatoms. The van der Waals surface area contributed by atoms with Crippen LogP contribution in [-0.2, 0) is 4.79 Å². The van der Waals surface area contributed by atoms with E-state index in [1.807, 2.05) is 0 Å². The number of anilines is 1. The number of amides is 1. The van der Waals surface area contributed by atoms with E-state index >= 15 is 0 Å². The maximum atomic E-state index is 11.9. The normalized spacial score (nSPS) is 10.1. The lowest BCUT2D eigenvalue weighted by Crippen LogP contribution is -2.20. The molecule has 6 nitrogen and oxygen atoms in total. The van der Waals surface area contributed by atoms with Crippen molar-refractivity contribution >= 4 is 23.2 Å². The molecule has 126 valence electrons. The average molecular weight is 356 g/mol. The Morgan fingerprint density at radius 1 is 1.00 bits per heavy atom. The highest BCUT2D eigenvalue weighted by Crippen LogP contribution is 2.20. The third kappa shape index (κ3) is 5.19. The molecular formula is C18H14ClN3O3. The number of ether oxygens (including phenoxy) is 2. The van der Waals surface area contributed by atoms with Crippen molar-refractivity contribution in [3.05, 3.63) is 72.1 Å².